The van der Waals surface area contributed by atoms with E-state index in [1.165, 1.54) is 13.4 Å². The van der Waals surface area contributed by atoms with Crippen LogP contribution in [0.15, 0.2) is 6.33 Å². The zero-order valence-electron chi connectivity index (χ0n) is 10.9. The molecular formula is C11H19N5O2. The fraction of sp³-hybridized carbons (Fsp3) is 0.545. The van der Waals surface area contributed by atoms with Crippen LogP contribution in [0.25, 0.3) is 0 Å². The summed E-state index contributed by atoms with van der Waals surface area (Å²) in [7, 11) is 3.26. The van der Waals surface area contributed by atoms with Gasteiger partial charge < -0.3 is 20.7 Å². The molecule has 1 rings (SSSR count). The Morgan fingerprint density at radius 1 is 1.56 bits per heavy atom. The van der Waals surface area contributed by atoms with Gasteiger partial charge in [-0.15, -0.1) is 0 Å². The summed E-state index contributed by atoms with van der Waals surface area (Å²) >= 11 is 0. The van der Waals surface area contributed by atoms with E-state index in [1.54, 1.807) is 11.9 Å². The number of hydrogen-bond acceptors (Lipinski definition) is 6. The van der Waals surface area contributed by atoms with Crippen molar-refractivity contribution in [2.75, 3.05) is 37.5 Å². The van der Waals surface area contributed by atoms with E-state index >= 15 is 0 Å². The molecule has 0 aliphatic rings. The number of methoxy groups -OCH3 is 1. The largest absolute Gasteiger partial charge is 0.490 e. The zero-order chi connectivity index (χ0) is 13.5. The van der Waals surface area contributed by atoms with Crippen molar-refractivity contribution in [2.24, 2.45) is 5.73 Å². The number of likely N-dealkylation sites (N-methyl/N-ethyl adjacent to an activating group) is 1. The number of amides is 1. The van der Waals surface area contributed by atoms with Crippen LogP contribution in [0.3, 0.4) is 0 Å². The van der Waals surface area contributed by atoms with Crippen LogP contribution < -0.4 is 20.7 Å². The van der Waals surface area contributed by atoms with Gasteiger partial charge in [0, 0.05) is 13.6 Å². The molecule has 1 heterocycles. The number of carbonyl (C=O) groups is 1. The van der Waals surface area contributed by atoms with E-state index in [-0.39, 0.29) is 6.54 Å². The predicted octanol–water partition coefficient (Wildman–Crippen LogP) is 0.229. The zero-order valence-corrected chi connectivity index (χ0v) is 10.9. The standard InChI is InChI=1S/C11H19N5O2/c1-4-5-13-10-9(18-3)11(15-7-14-10)16(2)6-8(12)17/h7H,4-6H2,1-3H3,(H2,12,17)(H,13,14,15). The quantitative estimate of drug-likeness (QED) is 0.722. The Balaban J connectivity index is 2.99. The van der Waals surface area contributed by atoms with E-state index < -0.39 is 5.91 Å². The summed E-state index contributed by atoms with van der Waals surface area (Å²) in [4.78, 5) is 20.8. The lowest BCUT2D eigenvalue weighted by molar-refractivity contribution is -0.116. The number of rotatable bonds is 7. The summed E-state index contributed by atoms with van der Waals surface area (Å²) in [5.41, 5.74) is 5.16. The van der Waals surface area contributed by atoms with Crippen LogP contribution >= 0.6 is 0 Å². The monoisotopic (exact) mass is 253 g/mol. The predicted molar refractivity (Wildman–Crippen MR) is 69.8 cm³/mol. The second-order valence-electron chi connectivity index (χ2n) is 3.83. The second kappa shape index (κ2) is 6.63. The summed E-state index contributed by atoms with van der Waals surface area (Å²) in [6, 6.07) is 0. The van der Waals surface area contributed by atoms with Crippen molar-refractivity contribution in [3.05, 3.63) is 6.33 Å². The maximum absolute atomic E-state index is 10.9. The Morgan fingerprint density at radius 2 is 2.28 bits per heavy atom. The van der Waals surface area contributed by atoms with Gasteiger partial charge in [-0.1, -0.05) is 6.92 Å². The highest BCUT2D eigenvalue weighted by Crippen LogP contribution is 2.30. The minimum absolute atomic E-state index is 0.0700. The second-order valence-corrected chi connectivity index (χ2v) is 3.83. The summed E-state index contributed by atoms with van der Waals surface area (Å²) < 4.78 is 5.29. The van der Waals surface area contributed by atoms with Gasteiger partial charge in [0.15, 0.2) is 11.6 Å². The fourth-order valence-electron chi connectivity index (χ4n) is 1.50. The molecule has 0 aliphatic carbocycles. The molecule has 100 valence electrons. The van der Waals surface area contributed by atoms with Crippen LogP contribution in [0.5, 0.6) is 5.75 Å². The van der Waals surface area contributed by atoms with Crippen LogP contribution in [0.4, 0.5) is 11.6 Å². The van der Waals surface area contributed by atoms with E-state index in [0.29, 0.717) is 17.4 Å². The average Bonchev–Trinajstić information content (AvgIpc) is 2.34. The van der Waals surface area contributed by atoms with Gasteiger partial charge in [0.25, 0.3) is 0 Å². The Kier molecular flexibility index (Phi) is 5.16. The number of primary amides is 1. The van der Waals surface area contributed by atoms with E-state index in [1.807, 2.05) is 0 Å². The molecule has 0 bridgehead atoms. The molecule has 0 atom stereocenters. The molecule has 0 radical (unpaired) electrons. The van der Waals surface area contributed by atoms with Crippen molar-refractivity contribution in [1.29, 1.82) is 0 Å². The Bertz CT molecular complexity index is 410. The van der Waals surface area contributed by atoms with E-state index in [0.717, 1.165) is 13.0 Å². The number of nitrogens with one attached hydrogen (secondary N) is 1. The van der Waals surface area contributed by atoms with Gasteiger partial charge in [-0.05, 0) is 6.42 Å². The first-order valence-electron chi connectivity index (χ1n) is 5.72. The molecular weight excluding hydrogens is 234 g/mol. The minimum Gasteiger partial charge on any atom is -0.490 e. The van der Waals surface area contributed by atoms with Gasteiger partial charge in [-0.25, -0.2) is 9.97 Å². The molecule has 18 heavy (non-hydrogen) atoms. The van der Waals surface area contributed by atoms with Crippen molar-refractivity contribution in [3.8, 4) is 5.75 Å². The third-order valence-corrected chi connectivity index (χ3v) is 2.29. The molecule has 1 amide bonds. The highest BCUT2D eigenvalue weighted by Gasteiger charge is 2.16. The molecule has 0 unspecified atom stereocenters. The number of anilines is 2. The molecule has 1 aromatic rings. The Morgan fingerprint density at radius 3 is 2.83 bits per heavy atom. The molecule has 0 aliphatic heterocycles. The minimum atomic E-state index is -0.429. The normalized spacial score (nSPS) is 9.94. The maximum Gasteiger partial charge on any atom is 0.236 e. The van der Waals surface area contributed by atoms with E-state index in [4.69, 9.17) is 10.5 Å². The molecule has 7 nitrogen and oxygen atoms in total. The van der Waals surface area contributed by atoms with Gasteiger partial charge in [0.05, 0.1) is 13.7 Å². The summed E-state index contributed by atoms with van der Waals surface area (Å²) in [5, 5.41) is 3.14. The Labute approximate surface area is 106 Å². The highest BCUT2D eigenvalue weighted by atomic mass is 16.5. The number of carbonyl (C=O) groups excluding carboxylic acids is 1. The number of aromatic nitrogens is 2. The average molecular weight is 253 g/mol. The van der Waals surface area contributed by atoms with Crippen LogP contribution in [-0.4, -0.2) is 43.1 Å². The molecule has 0 aromatic carbocycles. The van der Waals surface area contributed by atoms with E-state index in [9.17, 15) is 4.79 Å². The molecule has 0 spiro atoms. The molecule has 0 saturated carbocycles. The number of nitrogens with zero attached hydrogens (tertiary/aromatic N) is 3. The molecule has 3 N–H and O–H groups in total. The van der Waals surface area contributed by atoms with Crippen LogP contribution in [0.1, 0.15) is 13.3 Å². The topological polar surface area (TPSA) is 93.4 Å². The first-order chi connectivity index (χ1) is 8.60. The molecule has 0 saturated heterocycles. The number of nitrogens with two attached hydrogens (primary N) is 1. The lowest BCUT2D eigenvalue weighted by Crippen LogP contribution is -2.31. The SMILES string of the molecule is CCCNc1ncnc(N(C)CC(N)=O)c1OC. The van der Waals surface area contributed by atoms with Gasteiger partial charge in [-0.3, -0.25) is 4.79 Å². The maximum atomic E-state index is 10.9. The van der Waals surface area contributed by atoms with Gasteiger partial charge in [0.2, 0.25) is 11.7 Å². The summed E-state index contributed by atoms with van der Waals surface area (Å²) in [5.74, 6) is 1.22. The van der Waals surface area contributed by atoms with Crippen molar-refractivity contribution in [1.82, 2.24) is 9.97 Å². The van der Waals surface area contributed by atoms with Crippen LogP contribution in [0.2, 0.25) is 0 Å². The molecule has 0 fully saturated rings. The summed E-state index contributed by atoms with van der Waals surface area (Å²) in [6.07, 6.45) is 2.40. The third-order valence-electron chi connectivity index (χ3n) is 2.29. The van der Waals surface area contributed by atoms with Crippen LogP contribution in [0, 0.1) is 0 Å². The first-order valence-corrected chi connectivity index (χ1v) is 5.72. The third kappa shape index (κ3) is 3.47. The fourth-order valence-corrected chi connectivity index (χ4v) is 1.50. The van der Waals surface area contributed by atoms with E-state index in [2.05, 4.69) is 22.2 Å². The van der Waals surface area contributed by atoms with Crippen molar-refractivity contribution in [3.63, 3.8) is 0 Å². The Hall–Kier alpha value is -2.05. The van der Waals surface area contributed by atoms with Gasteiger partial charge in [-0.2, -0.15) is 0 Å². The smallest absolute Gasteiger partial charge is 0.236 e. The number of ether oxygens (including phenoxy) is 1. The molecule has 7 heteroatoms. The first kappa shape index (κ1) is 14.0. The van der Waals surface area contributed by atoms with Gasteiger partial charge >= 0.3 is 0 Å². The molecule has 1 aromatic heterocycles. The lowest BCUT2D eigenvalue weighted by atomic mass is 10.4. The lowest BCUT2D eigenvalue weighted by Gasteiger charge is -2.20. The summed E-state index contributed by atoms with van der Waals surface area (Å²) in [6.45, 7) is 2.91. The van der Waals surface area contributed by atoms with Gasteiger partial charge in [0.1, 0.15) is 6.33 Å². The number of hydrogen-bond donors (Lipinski definition) is 2. The van der Waals surface area contributed by atoms with Crippen LogP contribution in [-0.2, 0) is 4.79 Å². The van der Waals surface area contributed by atoms with Crippen molar-refractivity contribution >= 4 is 17.5 Å². The highest BCUT2D eigenvalue weighted by molar-refractivity contribution is 5.80. The van der Waals surface area contributed by atoms with Crippen molar-refractivity contribution < 1.29 is 9.53 Å². The van der Waals surface area contributed by atoms with Crippen molar-refractivity contribution in [2.45, 2.75) is 13.3 Å².